The van der Waals surface area contributed by atoms with Crippen LogP contribution in [0.25, 0.3) is 0 Å². The highest BCUT2D eigenvalue weighted by atomic mass is 16.5. The molecular weight excluding hydrogens is 320 g/mol. The van der Waals surface area contributed by atoms with Crippen molar-refractivity contribution in [3.63, 3.8) is 0 Å². The Balaban J connectivity index is 1.62. The number of nitrogens with zero attached hydrogens (tertiary/aromatic N) is 2. The topological polar surface area (TPSA) is 87.5 Å². The zero-order valence-corrected chi connectivity index (χ0v) is 14.1. The number of likely N-dealkylation sites (tertiary alicyclic amines) is 1. The third-order valence-corrected chi connectivity index (χ3v) is 5.07. The number of ether oxygens (including phenoxy) is 1. The number of fused-ring (bicyclic) bond motifs is 1. The highest BCUT2D eigenvalue weighted by Gasteiger charge is 2.51. The highest BCUT2D eigenvalue weighted by molar-refractivity contribution is 6.07. The minimum absolute atomic E-state index is 0.0396. The molecule has 3 atom stereocenters. The number of amides is 2. The number of hydrogen-bond donors (Lipinski definition) is 0. The van der Waals surface area contributed by atoms with Crippen LogP contribution in [-0.4, -0.2) is 28.7 Å². The summed E-state index contributed by atoms with van der Waals surface area (Å²) in [6, 6.07) is 7.80. The average Bonchev–Trinajstić information content (AvgIpc) is 2.90. The molecule has 25 heavy (non-hydrogen) atoms. The number of carbonyl (C=O) groups is 3. The largest absolute Gasteiger partial charge is 0.459 e. The first-order chi connectivity index (χ1) is 12.0. The molecule has 2 fully saturated rings. The third-order valence-electron chi connectivity index (χ3n) is 5.07. The summed E-state index contributed by atoms with van der Waals surface area (Å²) in [6.45, 7) is 1.58. The Hall–Kier alpha value is -2.68. The number of carbonyl (C=O) groups excluding carboxylic acids is 3. The summed E-state index contributed by atoms with van der Waals surface area (Å²) in [5.41, 5.74) is 1.27. The molecule has 2 aliphatic rings. The number of esters is 1. The van der Waals surface area contributed by atoms with Gasteiger partial charge in [0.2, 0.25) is 11.8 Å². The standard InChI is InChI=1S/C19H20N2O4/c1-12(19(24)25-11-14-8-6-13(10-20)7-9-14)21-17(22)15-4-2-3-5-16(15)18(21)23/h6-9,12,15-16H,2-5,11H2,1H3. The van der Waals surface area contributed by atoms with Crippen LogP contribution in [0.2, 0.25) is 0 Å². The summed E-state index contributed by atoms with van der Waals surface area (Å²) in [6.07, 6.45) is 3.34. The summed E-state index contributed by atoms with van der Waals surface area (Å²) in [4.78, 5) is 38.4. The van der Waals surface area contributed by atoms with Gasteiger partial charge in [-0.15, -0.1) is 0 Å². The Kier molecular flexibility index (Phi) is 4.84. The van der Waals surface area contributed by atoms with E-state index in [1.807, 2.05) is 6.07 Å². The lowest BCUT2D eigenvalue weighted by Gasteiger charge is -2.21. The second-order valence-corrected chi connectivity index (χ2v) is 6.64. The lowest BCUT2D eigenvalue weighted by molar-refractivity contribution is -0.159. The maximum absolute atomic E-state index is 12.5. The molecule has 1 saturated heterocycles. The minimum atomic E-state index is -0.913. The van der Waals surface area contributed by atoms with Crippen LogP contribution in [-0.2, 0) is 25.7 Å². The van der Waals surface area contributed by atoms with Gasteiger partial charge in [-0.05, 0) is 37.5 Å². The molecule has 0 bridgehead atoms. The maximum atomic E-state index is 12.5. The summed E-state index contributed by atoms with van der Waals surface area (Å²) in [7, 11) is 0. The molecule has 6 nitrogen and oxygen atoms in total. The second kappa shape index (κ2) is 7.06. The second-order valence-electron chi connectivity index (χ2n) is 6.64. The van der Waals surface area contributed by atoms with Crippen molar-refractivity contribution in [2.24, 2.45) is 11.8 Å². The van der Waals surface area contributed by atoms with Gasteiger partial charge in [0.15, 0.2) is 0 Å². The predicted molar refractivity (Wildman–Crippen MR) is 87.7 cm³/mol. The Morgan fingerprint density at radius 1 is 1.20 bits per heavy atom. The first-order valence-electron chi connectivity index (χ1n) is 8.55. The zero-order chi connectivity index (χ0) is 18.0. The molecule has 0 spiro atoms. The van der Waals surface area contributed by atoms with E-state index in [9.17, 15) is 14.4 Å². The van der Waals surface area contributed by atoms with Crippen molar-refractivity contribution in [1.82, 2.24) is 4.90 Å². The van der Waals surface area contributed by atoms with Crippen molar-refractivity contribution in [3.8, 4) is 6.07 Å². The van der Waals surface area contributed by atoms with Crippen LogP contribution in [0.1, 0.15) is 43.7 Å². The smallest absolute Gasteiger partial charge is 0.329 e. The van der Waals surface area contributed by atoms with Crippen molar-refractivity contribution < 1.29 is 19.1 Å². The number of imide groups is 1. The van der Waals surface area contributed by atoms with E-state index < -0.39 is 12.0 Å². The summed E-state index contributed by atoms with van der Waals surface area (Å²) >= 11 is 0. The van der Waals surface area contributed by atoms with Crippen molar-refractivity contribution in [2.75, 3.05) is 0 Å². The van der Waals surface area contributed by atoms with Crippen LogP contribution in [0.3, 0.4) is 0 Å². The first-order valence-corrected chi connectivity index (χ1v) is 8.55. The molecule has 1 saturated carbocycles. The highest BCUT2D eigenvalue weighted by Crippen LogP contribution is 2.38. The molecule has 0 aromatic heterocycles. The van der Waals surface area contributed by atoms with E-state index >= 15 is 0 Å². The van der Waals surface area contributed by atoms with Gasteiger partial charge < -0.3 is 4.74 Å². The van der Waals surface area contributed by atoms with Gasteiger partial charge in [0.25, 0.3) is 0 Å². The SMILES string of the molecule is CC(C(=O)OCc1ccc(C#N)cc1)N1C(=O)C2CCCCC2C1=O. The fraction of sp³-hybridized carbons (Fsp3) is 0.474. The Morgan fingerprint density at radius 2 is 1.76 bits per heavy atom. The fourth-order valence-electron chi connectivity index (χ4n) is 3.63. The molecule has 1 heterocycles. The Bertz CT molecular complexity index is 711. The van der Waals surface area contributed by atoms with Gasteiger partial charge >= 0.3 is 5.97 Å². The Morgan fingerprint density at radius 3 is 2.28 bits per heavy atom. The van der Waals surface area contributed by atoms with Crippen LogP contribution in [0, 0.1) is 23.2 Å². The molecule has 130 valence electrons. The number of nitriles is 1. The molecule has 1 aromatic rings. The normalized spacial score (nSPS) is 23.8. The summed E-state index contributed by atoms with van der Waals surface area (Å²) in [5.74, 6) is -1.61. The third kappa shape index (κ3) is 3.27. The van der Waals surface area contributed by atoms with Gasteiger partial charge in [0.05, 0.1) is 23.5 Å². The van der Waals surface area contributed by atoms with E-state index in [1.165, 1.54) is 6.92 Å². The van der Waals surface area contributed by atoms with Gasteiger partial charge in [0.1, 0.15) is 12.6 Å². The summed E-state index contributed by atoms with van der Waals surface area (Å²) < 4.78 is 5.26. The van der Waals surface area contributed by atoms with E-state index in [4.69, 9.17) is 10.00 Å². The average molecular weight is 340 g/mol. The van der Waals surface area contributed by atoms with Crippen LogP contribution >= 0.6 is 0 Å². The molecule has 1 aliphatic carbocycles. The lowest BCUT2D eigenvalue weighted by atomic mass is 9.81. The minimum Gasteiger partial charge on any atom is -0.459 e. The van der Waals surface area contributed by atoms with Crippen LogP contribution in [0.15, 0.2) is 24.3 Å². The quantitative estimate of drug-likeness (QED) is 0.619. The van der Waals surface area contributed by atoms with E-state index in [0.29, 0.717) is 5.56 Å². The van der Waals surface area contributed by atoms with Gasteiger partial charge in [-0.1, -0.05) is 25.0 Å². The van der Waals surface area contributed by atoms with Crippen molar-refractivity contribution in [1.29, 1.82) is 5.26 Å². The first kappa shape index (κ1) is 17.2. The number of rotatable bonds is 4. The molecule has 2 amide bonds. The molecule has 0 radical (unpaired) electrons. The molecule has 3 unspecified atom stereocenters. The monoisotopic (exact) mass is 340 g/mol. The van der Waals surface area contributed by atoms with Gasteiger partial charge in [-0.2, -0.15) is 5.26 Å². The van der Waals surface area contributed by atoms with Crippen molar-refractivity contribution >= 4 is 17.8 Å². The van der Waals surface area contributed by atoms with Gasteiger partial charge in [-0.3, -0.25) is 14.5 Å². The molecular formula is C19H20N2O4. The van der Waals surface area contributed by atoms with E-state index in [0.717, 1.165) is 36.1 Å². The fourth-order valence-corrected chi connectivity index (χ4v) is 3.63. The molecule has 1 aromatic carbocycles. The van der Waals surface area contributed by atoms with Crippen LogP contribution in [0.4, 0.5) is 0 Å². The molecule has 0 N–H and O–H groups in total. The van der Waals surface area contributed by atoms with Crippen molar-refractivity contribution in [3.05, 3.63) is 35.4 Å². The zero-order valence-electron chi connectivity index (χ0n) is 14.1. The predicted octanol–water partition coefficient (Wildman–Crippen LogP) is 2.17. The maximum Gasteiger partial charge on any atom is 0.329 e. The lowest BCUT2D eigenvalue weighted by Crippen LogP contribution is -2.44. The van der Waals surface area contributed by atoms with E-state index in [-0.39, 0.29) is 30.3 Å². The van der Waals surface area contributed by atoms with Gasteiger partial charge in [-0.25, -0.2) is 4.79 Å². The number of benzene rings is 1. The van der Waals surface area contributed by atoms with Crippen LogP contribution in [0.5, 0.6) is 0 Å². The van der Waals surface area contributed by atoms with Crippen molar-refractivity contribution in [2.45, 2.75) is 45.3 Å². The van der Waals surface area contributed by atoms with Gasteiger partial charge in [0, 0.05) is 0 Å². The summed E-state index contributed by atoms with van der Waals surface area (Å²) in [5, 5.41) is 8.77. The molecule has 1 aliphatic heterocycles. The van der Waals surface area contributed by atoms with E-state index in [1.54, 1.807) is 24.3 Å². The Labute approximate surface area is 146 Å². The molecule has 3 rings (SSSR count). The number of hydrogen-bond acceptors (Lipinski definition) is 5. The van der Waals surface area contributed by atoms with E-state index in [2.05, 4.69) is 0 Å². The molecule has 6 heteroatoms. The van der Waals surface area contributed by atoms with Crippen LogP contribution < -0.4 is 0 Å².